The van der Waals surface area contributed by atoms with Crippen molar-refractivity contribution in [2.75, 3.05) is 19.8 Å². The zero-order valence-electron chi connectivity index (χ0n) is 14.7. The smallest absolute Gasteiger partial charge is 0.273 e. The Kier molecular flexibility index (Phi) is 4.78. The lowest BCUT2D eigenvalue weighted by Crippen LogP contribution is -2.47. The molecule has 2 aromatic rings. The maximum Gasteiger partial charge on any atom is 0.273 e. The summed E-state index contributed by atoms with van der Waals surface area (Å²) in [4.78, 5) is 12.5. The lowest BCUT2D eigenvalue weighted by atomic mass is 9.77. The van der Waals surface area contributed by atoms with E-state index in [1.54, 1.807) is 6.07 Å². The molecule has 2 fully saturated rings. The molecule has 2 heterocycles. The van der Waals surface area contributed by atoms with E-state index in [2.05, 4.69) is 10.5 Å². The van der Waals surface area contributed by atoms with Gasteiger partial charge in [-0.15, -0.1) is 0 Å². The first kappa shape index (κ1) is 17.2. The fourth-order valence-electron chi connectivity index (χ4n) is 3.65. The molecule has 2 aliphatic rings. The van der Waals surface area contributed by atoms with Gasteiger partial charge in [0, 0.05) is 25.2 Å². The van der Waals surface area contributed by atoms with Crippen LogP contribution in [0, 0.1) is 5.92 Å². The second-order valence-corrected chi connectivity index (χ2v) is 7.25. The van der Waals surface area contributed by atoms with Crippen molar-refractivity contribution < 1.29 is 19.2 Å². The summed E-state index contributed by atoms with van der Waals surface area (Å²) >= 11 is 0. The summed E-state index contributed by atoms with van der Waals surface area (Å²) in [5.41, 5.74) is -0.0515. The van der Waals surface area contributed by atoms with E-state index < -0.39 is 5.60 Å². The Bertz CT molecular complexity index is 750. The van der Waals surface area contributed by atoms with Crippen LogP contribution >= 0.6 is 0 Å². The Balaban J connectivity index is 1.49. The summed E-state index contributed by atoms with van der Waals surface area (Å²) in [6.07, 6.45) is 3.70. The van der Waals surface area contributed by atoms with Crippen LogP contribution in [0.2, 0.25) is 0 Å². The molecule has 0 bridgehead atoms. The van der Waals surface area contributed by atoms with Gasteiger partial charge in [-0.05, 0) is 37.2 Å². The number of hydrogen-bond donors (Lipinski definition) is 2. The minimum atomic E-state index is -1.14. The lowest BCUT2D eigenvalue weighted by Gasteiger charge is -2.39. The van der Waals surface area contributed by atoms with E-state index in [9.17, 15) is 9.90 Å². The van der Waals surface area contributed by atoms with Gasteiger partial charge in [-0.3, -0.25) is 4.79 Å². The van der Waals surface area contributed by atoms with Crippen LogP contribution in [0.3, 0.4) is 0 Å². The van der Waals surface area contributed by atoms with Crippen LogP contribution in [-0.2, 0) is 10.3 Å². The molecule has 6 heteroatoms. The quantitative estimate of drug-likeness (QED) is 0.831. The molecule has 2 N–H and O–H groups in total. The van der Waals surface area contributed by atoms with Crippen LogP contribution in [0.4, 0.5) is 0 Å². The minimum Gasteiger partial charge on any atom is -0.383 e. The number of ether oxygens (including phenoxy) is 1. The van der Waals surface area contributed by atoms with Gasteiger partial charge in [-0.25, -0.2) is 0 Å². The second-order valence-electron chi connectivity index (χ2n) is 7.25. The minimum absolute atomic E-state index is 0.0262. The highest BCUT2D eigenvalue weighted by Crippen LogP contribution is 2.40. The first-order valence-electron chi connectivity index (χ1n) is 9.27. The molecular formula is C20H24N2O4. The molecule has 1 saturated heterocycles. The Labute approximate surface area is 152 Å². The van der Waals surface area contributed by atoms with E-state index in [4.69, 9.17) is 9.26 Å². The number of aromatic nitrogens is 1. The second kappa shape index (κ2) is 7.21. The van der Waals surface area contributed by atoms with Gasteiger partial charge in [0.1, 0.15) is 11.4 Å². The molecule has 1 saturated carbocycles. The summed E-state index contributed by atoms with van der Waals surface area (Å²) in [7, 11) is 0. The van der Waals surface area contributed by atoms with Crippen molar-refractivity contribution in [1.29, 1.82) is 0 Å². The highest BCUT2D eigenvalue weighted by atomic mass is 16.5. The van der Waals surface area contributed by atoms with Crippen molar-refractivity contribution in [3.05, 3.63) is 53.4 Å². The van der Waals surface area contributed by atoms with Crippen molar-refractivity contribution in [2.24, 2.45) is 5.92 Å². The van der Waals surface area contributed by atoms with Gasteiger partial charge in [-0.1, -0.05) is 35.5 Å². The van der Waals surface area contributed by atoms with Crippen LogP contribution in [-0.4, -0.2) is 35.9 Å². The third kappa shape index (κ3) is 3.52. The SMILES string of the molecule is O=C(NC[C@@](O)(c1ccccc1)C1CCOCC1)c1cc(C2CC2)on1. The molecule has 6 nitrogen and oxygen atoms in total. The normalized spacial score (nSPS) is 20.5. The van der Waals surface area contributed by atoms with Crippen molar-refractivity contribution in [3.63, 3.8) is 0 Å². The molecule has 4 rings (SSSR count). The van der Waals surface area contributed by atoms with Gasteiger partial charge < -0.3 is 19.7 Å². The van der Waals surface area contributed by atoms with Crippen molar-refractivity contribution >= 4 is 5.91 Å². The molecule has 1 aliphatic carbocycles. The van der Waals surface area contributed by atoms with Crippen LogP contribution in [0.1, 0.15) is 53.4 Å². The molecule has 1 amide bonds. The molecule has 26 heavy (non-hydrogen) atoms. The van der Waals surface area contributed by atoms with Crippen LogP contribution < -0.4 is 5.32 Å². The summed E-state index contributed by atoms with van der Waals surface area (Å²) < 4.78 is 10.7. The average Bonchev–Trinajstić information content (AvgIpc) is 3.44. The third-order valence-corrected chi connectivity index (χ3v) is 5.43. The summed E-state index contributed by atoms with van der Waals surface area (Å²) in [5.74, 6) is 0.894. The number of hydrogen-bond acceptors (Lipinski definition) is 5. The van der Waals surface area contributed by atoms with Crippen LogP contribution in [0.25, 0.3) is 0 Å². The van der Waals surface area contributed by atoms with Crippen LogP contribution in [0.5, 0.6) is 0 Å². The van der Waals surface area contributed by atoms with E-state index in [0.717, 1.165) is 37.0 Å². The van der Waals surface area contributed by atoms with Gasteiger partial charge in [0.2, 0.25) is 0 Å². The third-order valence-electron chi connectivity index (χ3n) is 5.43. The average molecular weight is 356 g/mol. The van der Waals surface area contributed by atoms with E-state index in [0.29, 0.717) is 19.1 Å². The van der Waals surface area contributed by atoms with Crippen molar-refractivity contribution in [2.45, 2.75) is 37.2 Å². The van der Waals surface area contributed by atoms with Crippen molar-refractivity contribution in [1.82, 2.24) is 10.5 Å². The maximum atomic E-state index is 12.5. The number of nitrogens with one attached hydrogen (secondary N) is 1. The molecule has 1 aromatic carbocycles. The van der Waals surface area contributed by atoms with E-state index in [1.807, 2.05) is 30.3 Å². The van der Waals surface area contributed by atoms with Crippen LogP contribution in [0.15, 0.2) is 40.9 Å². The molecule has 138 valence electrons. The van der Waals surface area contributed by atoms with E-state index in [-0.39, 0.29) is 24.1 Å². The van der Waals surface area contributed by atoms with E-state index >= 15 is 0 Å². The summed E-state index contributed by atoms with van der Waals surface area (Å²) in [6, 6.07) is 11.2. The Morgan fingerprint density at radius 2 is 1.92 bits per heavy atom. The van der Waals surface area contributed by atoms with E-state index in [1.165, 1.54) is 0 Å². The predicted octanol–water partition coefficient (Wildman–Crippen LogP) is 2.60. The first-order valence-corrected chi connectivity index (χ1v) is 9.27. The Morgan fingerprint density at radius 1 is 1.19 bits per heavy atom. The molecule has 1 atom stereocenters. The molecule has 0 radical (unpaired) electrons. The first-order chi connectivity index (χ1) is 12.7. The predicted molar refractivity (Wildman–Crippen MR) is 94.7 cm³/mol. The highest BCUT2D eigenvalue weighted by molar-refractivity contribution is 5.92. The fourth-order valence-corrected chi connectivity index (χ4v) is 3.65. The number of nitrogens with zero attached hydrogens (tertiary/aromatic N) is 1. The van der Waals surface area contributed by atoms with Gasteiger partial charge >= 0.3 is 0 Å². The Morgan fingerprint density at radius 3 is 2.62 bits per heavy atom. The number of aliphatic hydroxyl groups is 1. The lowest BCUT2D eigenvalue weighted by molar-refractivity contribution is -0.0680. The summed E-state index contributed by atoms with van der Waals surface area (Å²) in [6.45, 7) is 1.38. The summed E-state index contributed by atoms with van der Waals surface area (Å²) in [5, 5.41) is 18.2. The van der Waals surface area contributed by atoms with Gasteiger partial charge in [0.25, 0.3) is 5.91 Å². The topological polar surface area (TPSA) is 84.6 Å². The molecular weight excluding hydrogens is 332 g/mol. The number of amides is 1. The monoisotopic (exact) mass is 356 g/mol. The zero-order chi connectivity index (χ0) is 18.0. The van der Waals surface area contributed by atoms with Gasteiger partial charge in [-0.2, -0.15) is 0 Å². The van der Waals surface area contributed by atoms with Crippen molar-refractivity contribution in [3.8, 4) is 0 Å². The highest BCUT2D eigenvalue weighted by Gasteiger charge is 2.39. The standard InChI is InChI=1S/C20H24N2O4/c23-19(17-12-18(26-22-17)14-6-7-14)21-13-20(24,15-4-2-1-3-5-15)16-8-10-25-11-9-16/h1-5,12,14,16,24H,6-11,13H2,(H,21,23)/t20-/m1/s1. The fraction of sp³-hybridized carbons (Fsp3) is 0.500. The van der Waals surface area contributed by atoms with Gasteiger partial charge in [0.15, 0.2) is 5.69 Å². The number of carbonyl (C=O) groups is 1. The molecule has 1 aromatic heterocycles. The number of benzene rings is 1. The zero-order valence-corrected chi connectivity index (χ0v) is 14.7. The molecule has 0 spiro atoms. The number of rotatable bonds is 6. The van der Waals surface area contributed by atoms with Gasteiger partial charge in [0.05, 0.1) is 6.54 Å². The molecule has 0 unspecified atom stereocenters. The number of carbonyl (C=O) groups excluding carboxylic acids is 1. The Hall–Kier alpha value is -2.18. The molecule has 1 aliphatic heterocycles. The largest absolute Gasteiger partial charge is 0.383 e. The maximum absolute atomic E-state index is 12.5.